The van der Waals surface area contributed by atoms with Crippen molar-refractivity contribution in [1.82, 2.24) is 4.98 Å². The van der Waals surface area contributed by atoms with E-state index in [9.17, 15) is 15.0 Å². The molecule has 1 saturated heterocycles. The number of aliphatic hydroxyl groups excluding tert-OH is 1. The van der Waals surface area contributed by atoms with Crippen molar-refractivity contribution >= 4 is 27.7 Å². The number of carbonyl (C=O) groups is 1. The molecule has 7 heteroatoms. The van der Waals surface area contributed by atoms with Gasteiger partial charge in [0.25, 0.3) is 0 Å². The molecule has 1 aliphatic rings. The zero-order valence-corrected chi connectivity index (χ0v) is 11.8. The third-order valence-electron chi connectivity index (χ3n) is 3.22. The van der Waals surface area contributed by atoms with Crippen LogP contribution in [0.15, 0.2) is 16.7 Å². The lowest BCUT2D eigenvalue weighted by molar-refractivity contribution is 0.0377. The molecule has 1 aliphatic heterocycles. The number of aromatic nitrogens is 1. The average Bonchev–Trinajstić information content (AvgIpc) is 2.42. The Morgan fingerprint density at radius 1 is 1.53 bits per heavy atom. The summed E-state index contributed by atoms with van der Waals surface area (Å²) in [5.41, 5.74) is -0.489. The van der Waals surface area contributed by atoms with E-state index in [0.717, 1.165) is 0 Å². The third kappa shape index (κ3) is 3.23. The number of aromatic carboxylic acids is 1. The van der Waals surface area contributed by atoms with Gasteiger partial charge in [0.1, 0.15) is 11.4 Å². The normalized spacial score (nSPS) is 18.0. The van der Waals surface area contributed by atoms with E-state index in [0.29, 0.717) is 30.5 Å². The van der Waals surface area contributed by atoms with Gasteiger partial charge in [-0.15, -0.1) is 0 Å². The molecule has 0 amide bonds. The highest BCUT2D eigenvalue weighted by molar-refractivity contribution is 9.10. The highest BCUT2D eigenvalue weighted by Crippen LogP contribution is 2.27. The summed E-state index contributed by atoms with van der Waals surface area (Å²) in [6, 6.07) is 1.49. The number of anilines is 1. The van der Waals surface area contributed by atoms with E-state index in [2.05, 4.69) is 26.2 Å². The first-order valence-electron chi connectivity index (χ1n) is 5.92. The SMILES string of the molecule is O=C(O)c1cc(Br)cnc1NC1(CO)CCOCC1. The Hall–Kier alpha value is -1.18. The van der Waals surface area contributed by atoms with Crippen LogP contribution < -0.4 is 5.32 Å². The van der Waals surface area contributed by atoms with Crippen molar-refractivity contribution in [3.05, 3.63) is 22.3 Å². The smallest absolute Gasteiger partial charge is 0.339 e. The minimum atomic E-state index is -1.06. The summed E-state index contributed by atoms with van der Waals surface area (Å²) in [4.78, 5) is 15.3. The highest BCUT2D eigenvalue weighted by Gasteiger charge is 2.33. The number of nitrogens with one attached hydrogen (secondary N) is 1. The molecule has 1 aromatic rings. The van der Waals surface area contributed by atoms with Crippen LogP contribution in [0.2, 0.25) is 0 Å². The molecule has 0 radical (unpaired) electrons. The van der Waals surface area contributed by atoms with Gasteiger partial charge in [0.2, 0.25) is 0 Å². The lowest BCUT2D eigenvalue weighted by atomic mass is 9.91. The van der Waals surface area contributed by atoms with Gasteiger partial charge >= 0.3 is 5.97 Å². The van der Waals surface area contributed by atoms with Gasteiger partial charge in [-0.2, -0.15) is 0 Å². The summed E-state index contributed by atoms with van der Waals surface area (Å²) in [5, 5.41) is 21.9. The fraction of sp³-hybridized carbons (Fsp3) is 0.500. The fourth-order valence-electron chi connectivity index (χ4n) is 2.04. The Bertz CT molecular complexity index is 475. The number of hydrogen-bond acceptors (Lipinski definition) is 5. The Morgan fingerprint density at radius 3 is 2.79 bits per heavy atom. The molecule has 0 aliphatic carbocycles. The van der Waals surface area contributed by atoms with Crippen LogP contribution in [0.25, 0.3) is 0 Å². The molecule has 0 bridgehead atoms. The van der Waals surface area contributed by atoms with Crippen LogP contribution in [-0.4, -0.2) is 46.5 Å². The quantitative estimate of drug-likeness (QED) is 0.774. The summed E-state index contributed by atoms with van der Waals surface area (Å²) in [6.07, 6.45) is 2.75. The van der Waals surface area contributed by atoms with Gasteiger partial charge in [0.05, 0.1) is 12.1 Å². The van der Waals surface area contributed by atoms with Crippen LogP contribution in [0, 0.1) is 0 Å². The number of halogens is 1. The molecule has 0 unspecified atom stereocenters. The van der Waals surface area contributed by atoms with Crippen LogP contribution in [0.5, 0.6) is 0 Å². The van der Waals surface area contributed by atoms with Crippen molar-refractivity contribution in [1.29, 1.82) is 0 Å². The van der Waals surface area contributed by atoms with Crippen LogP contribution in [-0.2, 0) is 4.74 Å². The minimum absolute atomic E-state index is 0.0775. The number of rotatable bonds is 4. The van der Waals surface area contributed by atoms with Gasteiger partial charge < -0.3 is 20.3 Å². The van der Waals surface area contributed by atoms with Crippen molar-refractivity contribution in [3.63, 3.8) is 0 Å². The lowest BCUT2D eigenvalue weighted by Gasteiger charge is -2.37. The Kier molecular flexibility index (Phi) is 4.38. The fourth-order valence-corrected chi connectivity index (χ4v) is 2.37. The van der Waals surface area contributed by atoms with Crippen molar-refractivity contribution in [3.8, 4) is 0 Å². The molecule has 3 N–H and O–H groups in total. The van der Waals surface area contributed by atoms with Crippen molar-refractivity contribution in [2.75, 3.05) is 25.1 Å². The molecule has 1 aromatic heterocycles. The van der Waals surface area contributed by atoms with Gasteiger partial charge in [-0.3, -0.25) is 0 Å². The first kappa shape index (κ1) is 14.2. The average molecular weight is 331 g/mol. The maximum atomic E-state index is 11.2. The molecule has 1 fully saturated rings. The molecular weight excluding hydrogens is 316 g/mol. The predicted octanol–water partition coefficient (Wildman–Crippen LogP) is 1.50. The Morgan fingerprint density at radius 2 is 2.21 bits per heavy atom. The highest BCUT2D eigenvalue weighted by atomic mass is 79.9. The number of ether oxygens (including phenoxy) is 1. The summed E-state index contributed by atoms with van der Waals surface area (Å²) in [7, 11) is 0. The van der Waals surface area contributed by atoms with E-state index in [1.165, 1.54) is 12.3 Å². The van der Waals surface area contributed by atoms with E-state index in [1.807, 2.05) is 0 Å². The van der Waals surface area contributed by atoms with E-state index < -0.39 is 11.5 Å². The number of pyridine rings is 1. The molecule has 104 valence electrons. The second-order valence-electron chi connectivity index (χ2n) is 4.53. The van der Waals surface area contributed by atoms with E-state index >= 15 is 0 Å². The van der Waals surface area contributed by atoms with Gasteiger partial charge in [0.15, 0.2) is 0 Å². The van der Waals surface area contributed by atoms with Crippen molar-refractivity contribution in [2.24, 2.45) is 0 Å². The second-order valence-corrected chi connectivity index (χ2v) is 5.45. The standard InChI is InChI=1S/C12H15BrN2O4/c13-8-5-9(11(17)18)10(14-6-8)15-12(7-16)1-3-19-4-2-12/h5-6,16H,1-4,7H2,(H,14,15)(H,17,18). The van der Waals surface area contributed by atoms with Crippen LogP contribution in [0.3, 0.4) is 0 Å². The molecule has 0 aromatic carbocycles. The number of nitrogens with zero attached hydrogens (tertiary/aromatic N) is 1. The van der Waals surface area contributed by atoms with Crippen molar-refractivity contribution < 1.29 is 19.7 Å². The van der Waals surface area contributed by atoms with E-state index in [4.69, 9.17) is 4.74 Å². The molecule has 0 spiro atoms. The number of carboxylic acids is 1. The third-order valence-corrected chi connectivity index (χ3v) is 3.65. The van der Waals surface area contributed by atoms with Crippen LogP contribution >= 0.6 is 15.9 Å². The van der Waals surface area contributed by atoms with Crippen LogP contribution in [0.4, 0.5) is 5.82 Å². The monoisotopic (exact) mass is 330 g/mol. The van der Waals surface area contributed by atoms with Gasteiger partial charge in [0, 0.05) is 23.9 Å². The summed E-state index contributed by atoms with van der Waals surface area (Å²) >= 11 is 3.20. The first-order valence-corrected chi connectivity index (χ1v) is 6.71. The second kappa shape index (κ2) is 5.85. The summed E-state index contributed by atoms with van der Waals surface area (Å²) in [6.45, 7) is 0.978. The Labute approximate surface area is 118 Å². The minimum Gasteiger partial charge on any atom is -0.478 e. The maximum Gasteiger partial charge on any atom is 0.339 e. The molecule has 2 rings (SSSR count). The zero-order valence-electron chi connectivity index (χ0n) is 10.2. The first-order chi connectivity index (χ1) is 9.06. The molecule has 0 saturated carbocycles. The molecule has 19 heavy (non-hydrogen) atoms. The summed E-state index contributed by atoms with van der Waals surface area (Å²) < 4.78 is 5.86. The van der Waals surface area contributed by atoms with Crippen LogP contribution in [0.1, 0.15) is 23.2 Å². The molecule has 0 atom stereocenters. The van der Waals surface area contributed by atoms with E-state index in [1.54, 1.807) is 0 Å². The van der Waals surface area contributed by atoms with Gasteiger partial charge in [-0.05, 0) is 34.8 Å². The molecular formula is C12H15BrN2O4. The molecule has 2 heterocycles. The van der Waals surface area contributed by atoms with Gasteiger partial charge in [-0.25, -0.2) is 9.78 Å². The zero-order chi connectivity index (χ0) is 13.9. The number of carboxylic acid groups (broad SMARTS) is 1. The maximum absolute atomic E-state index is 11.2. The largest absolute Gasteiger partial charge is 0.478 e. The summed E-state index contributed by atoms with van der Waals surface area (Å²) in [5.74, 6) is -0.789. The number of hydrogen-bond donors (Lipinski definition) is 3. The molecule has 6 nitrogen and oxygen atoms in total. The van der Waals surface area contributed by atoms with E-state index in [-0.39, 0.29) is 18.0 Å². The number of aliphatic hydroxyl groups is 1. The topological polar surface area (TPSA) is 91.7 Å². The van der Waals surface area contributed by atoms with Gasteiger partial charge in [-0.1, -0.05) is 0 Å². The lowest BCUT2D eigenvalue weighted by Crippen LogP contribution is -2.47. The van der Waals surface area contributed by atoms with Crippen molar-refractivity contribution in [2.45, 2.75) is 18.4 Å². The Balaban J connectivity index is 2.28. The predicted molar refractivity (Wildman–Crippen MR) is 72.4 cm³/mol.